The molecule has 1 saturated heterocycles. The van der Waals surface area contributed by atoms with Crippen LogP contribution in [0.15, 0.2) is 12.4 Å². The fourth-order valence-electron chi connectivity index (χ4n) is 2.07. The first-order valence-electron chi connectivity index (χ1n) is 6.31. The Morgan fingerprint density at radius 2 is 2.50 bits per heavy atom. The third-order valence-electron chi connectivity index (χ3n) is 3.07. The number of nitrogens with zero attached hydrogens (tertiary/aromatic N) is 2. The first-order chi connectivity index (χ1) is 8.69. The van der Waals surface area contributed by atoms with Crippen molar-refractivity contribution in [1.29, 1.82) is 0 Å². The summed E-state index contributed by atoms with van der Waals surface area (Å²) in [5.74, 6) is -0.0465. The van der Waals surface area contributed by atoms with Crippen LogP contribution >= 0.6 is 0 Å². The number of amides is 1. The van der Waals surface area contributed by atoms with Crippen molar-refractivity contribution < 1.29 is 9.53 Å². The number of hydrogen-bond donors (Lipinski definition) is 2. The van der Waals surface area contributed by atoms with E-state index >= 15 is 0 Å². The minimum absolute atomic E-state index is 0.0366. The van der Waals surface area contributed by atoms with Crippen molar-refractivity contribution >= 4 is 5.91 Å². The fraction of sp³-hybridized carbons (Fsp3) is 0.667. The summed E-state index contributed by atoms with van der Waals surface area (Å²) in [6, 6.07) is 0. The lowest BCUT2D eigenvalue weighted by Gasteiger charge is -2.12. The second-order valence-electron chi connectivity index (χ2n) is 4.63. The molecule has 0 bridgehead atoms. The predicted molar refractivity (Wildman–Crippen MR) is 66.9 cm³/mol. The highest BCUT2D eigenvalue weighted by Gasteiger charge is 2.29. The average molecular weight is 252 g/mol. The summed E-state index contributed by atoms with van der Waals surface area (Å²) in [5, 5.41) is 7.01. The second kappa shape index (κ2) is 5.97. The van der Waals surface area contributed by atoms with Crippen molar-refractivity contribution in [2.24, 2.45) is 5.73 Å². The van der Waals surface area contributed by atoms with Crippen molar-refractivity contribution in [2.45, 2.75) is 38.5 Å². The Hall–Kier alpha value is -1.40. The minimum Gasteiger partial charge on any atom is -0.364 e. The number of carbonyl (C=O) groups excluding carboxylic acids is 1. The van der Waals surface area contributed by atoms with Crippen LogP contribution in [0.1, 0.15) is 18.4 Å². The van der Waals surface area contributed by atoms with Crippen LogP contribution in [-0.2, 0) is 16.1 Å². The summed E-state index contributed by atoms with van der Waals surface area (Å²) in [7, 11) is 0. The summed E-state index contributed by atoms with van der Waals surface area (Å²) < 4.78 is 7.33. The molecule has 2 heterocycles. The first-order valence-corrected chi connectivity index (χ1v) is 6.31. The van der Waals surface area contributed by atoms with Gasteiger partial charge in [0.1, 0.15) is 6.10 Å². The summed E-state index contributed by atoms with van der Waals surface area (Å²) in [6.07, 6.45) is 5.07. The van der Waals surface area contributed by atoms with Gasteiger partial charge in [-0.05, 0) is 25.3 Å². The maximum atomic E-state index is 11.8. The average Bonchev–Trinajstić information content (AvgIpc) is 2.98. The maximum Gasteiger partial charge on any atom is 0.249 e. The Balaban J connectivity index is 1.69. The molecule has 18 heavy (non-hydrogen) atoms. The third-order valence-corrected chi connectivity index (χ3v) is 3.07. The van der Waals surface area contributed by atoms with E-state index in [4.69, 9.17) is 10.5 Å². The topological polar surface area (TPSA) is 82.2 Å². The summed E-state index contributed by atoms with van der Waals surface area (Å²) in [6.45, 7) is 3.71. The Morgan fingerprint density at radius 3 is 3.11 bits per heavy atom. The Labute approximate surface area is 106 Å². The molecule has 6 heteroatoms. The normalized spacial score (nSPS) is 23.2. The molecule has 1 amide bonds. The van der Waals surface area contributed by atoms with Crippen LogP contribution in [-0.4, -0.2) is 41.0 Å². The van der Waals surface area contributed by atoms with Gasteiger partial charge in [-0.3, -0.25) is 9.48 Å². The van der Waals surface area contributed by atoms with Crippen LogP contribution in [0, 0.1) is 6.92 Å². The van der Waals surface area contributed by atoms with Gasteiger partial charge in [0, 0.05) is 19.3 Å². The van der Waals surface area contributed by atoms with Gasteiger partial charge in [-0.1, -0.05) is 0 Å². The number of nitrogens with two attached hydrogens (primary N) is 1. The van der Waals surface area contributed by atoms with E-state index < -0.39 is 0 Å². The second-order valence-corrected chi connectivity index (χ2v) is 4.63. The maximum absolute atomic E-state index is 11.8. The Bertz CT molecular complexity index is 405. The molecule has 0 saturated carbocycles. The lowest BCUT2D eigenvalue weighted by atomic mass is 10.2. The van der Waals surface area contributed by atoms with E-state index in [-0.39, 0.29) is 18.1 Å². The number of aryl methyl sites for hydroxylation is 1. The van der Waals surface area contributed by atoms with Crippen LogP contribution < -0.4 is 11.1 Å². The van der Waals surface area contributed by atoms with E-state index in [1.165, 1.54) is 0 Å². The van der Waals surface area contributed by atoms with Gasteiger partial charge in [0.05, 0.1) is 18.8 Å². The molecule has 1 fully saturated rings. The summed E-state index contributed by atoms with van der Waals surface area (Å²) in [5.41, 5.74) is 6.62. The lowest BCUT2D eigenvalue weighted by molar-refractivity contribution is -0.131. The number of ether oxygens (including phenoxy) is 1. The number of aromatic nitrogens is 2. The highest BCUT2D eigenvalue weighted by molar-refractivity contribution is 5.80. The summed E-state index contributed by atoms with van der Waals surface area (Å²) in [4.78, 5) is 11.8. The van der Waals surface area contributed by atoms with Crippen LogP contribution in [0.5, 0.6) is 0 Å². The van der Waals surface area contributed by atoms with Crippen molar-refractivity contribution in [3.8, 4) is 0 Å². The standard InChI is InChI=1S/C12H20N4O2/c1-9-7-15-16(8-9)5-4-14-12(17)11-3-2-10(6-13)18-11/h7-8,10-11H,2-6,13H2,1H3,(H,14,17). The third kappa shape index (κ3) is 3.30. The van der Waals surface area contributed by atoms with Gasteiger partial charge in [-0.2, -0.15) is 5.10 Å². The first kappa shape index (κ1) is 13.0. The lowest BCUT2D eigenvalue weighted by Crippen LogP contribution is -2.37. The molecule has 100 valence electrons. The molecule has 0 aromatic carbocycles. The van der Waals surface area contributed by atoms with Crippen molar-refractivity contribution in [3.63, 3.8) is 0 Å². The Morgan fingerprint density at radius 1 is 1.67 bits per heavy atom. The van der Waals surface area contributed by atoms with Crippen LogP contribution in [0.3, 0.4) is 0 Å². The van der Waals surface area contributed by atoms with Crippen molar-refractivity contribution in [1.82, 2.24) is 15.1 Å². The molecule has 1 aliphatic rings. The van der Waals surface area contributed by atoms with Crippen LogP contribution in [0.2, 0.25) is 0 Å². The van der Waals surface area contributed by atoms with Crippen molar-refractivity contribution in [2.75, 3.05) is 13.1 Å². The smallest absolute Gasteiger partial charge is 0.249 e. The predicted octanol–water partition coefficient (Wildman–Crippen LogP) is -0.186. The van der Waals surface area contributed by atoms with Gasteiger partial charge in [0.25, 0.3) is 0 Å². The van der Waals surface area contributed by atoms with E-state index in [2.05, 4.69) is 10.4 Å². The van der Waals surface area contributed by atoms with Gasteiger partial charge in [0.2, 0.25) is 5.91 Å². The number of carbonyl (C=O) groups is 1. The zero-order chi connectivity index (χ0) is 13.0. The molecule has 2 atom stereocenters. The quantitative estimate of drug-likeness (QED) is 0.761. The van der Waals surface area contributed by atoms with Gasteiger partial charge in [0.15, 0.2) is 0 Å². The molecule has 1 aliphatic heterocycles. The zero-order valence-corrected chi connectivity index (χ0v) is 10.6. The molecule has 2 rings (SSSR count). The molecule has 0 spiro atoms. The van der Waals surface area contributed by atoms with E-state index in [9.17, 15) is 4.79 Å². The van der Waals surface area contributed by atoms with Crippen LogP contribution in [0.25, 0.3) is 0 Å². The Kier molecular flexibility index (Phi) is 4.33. The molecule has 1 aromatic heterocycles. The van der Waals surface area contributed by atoms with E-state index in [0.717, 1.165) is 18.4 Å². The molecule has 3 N–H and O–H groups in total. The highest BCUT2D eigenvalue weighted by atomic mass is 16.5. The number of nitrogens with one attached hydrogen (secondary N) is 1. The fourth-order valence-corrected chi connectivity index (χ4v) is 2.07. The molecule has 0 radical (unpaired) electrons. The molecule has 0 aliphatic carbocycles. The van der Waals surface area contributed by atoms with Gasteiger partial charge in [-0.25, -0.2) is 0 Å². The summed E-state index contributed by atoms with van der Waals surface area (Å²) >= 11 is 0. The van der Waals surface area contributed by atoms with Gasteiger partial charge >= 0.3 is 0 Å². The van der Waals surface area contributed by atoms with Crippen molar-refractivity contribution in [3.05, 3.63) is 18.0 Å². The number of hydrogen-bond acceptors (Lipinski definition) is 4. The van der Waals surface area contributed by atoms with E-state index in [1.807, 2.05) is 17.8 Å². The molecule has 6 nitrogen and oxygen atoms in total. The number of rotatable bonds is 5. The molecular formula is C12H20N4O2. The largest absolute Gasteiger partial charge is 0.364 e. The molecular weight excluding hydrogens is 232 g/mol. The molecule has 1 aromatic rings. The zero-order valence-electron chi connectivity index (χ0n) is 10.6. The van der Waals surface area contributed by atoms with Gasteiger partial charge in [-0.15, -0.1) is 0 Å². The minimum atomic E-state index is -0.335. The highest BCUT2D eigenvalue weighted by Crippen LogP contribution is 2.18. The van der Waals surface area contributed by atoms with Crippen LogP contribution in [0.4, 0.5) is 0 Å². The van der Waals surface area contributed by atoms with Gasteiger partial charge < -0.3 is 15.8 Å². The van der Waals surface area contributed by atoms with E-state index in [0.29, 0.717) is 19.6 Å². The monoisotopic (exact) mass is 252 g/mol. The van der Waals surface area contributed by atoms with E-state index in [1.54, 1.807) is 6.20 Å². The molecule has 2 unspecified atom stereocenters. The SMILES string of the molecule is Cc1cnn(CCNC(=O)C2CCC(CN)O2)c1.